The normalized spacial score (nSPS) is 8.74. The predicted octanol–water partition coefficient (Wildman–Crippen LogP) is 4.28. The van der Waals surface area contributed by atoms with Gasteiger partial charge in [0.05, 0.1) is 6.20 Å². The Bertz CT molecular complexity index is 407. The third-order valence-corrected chi connectivity index (χ3v) is 2.49. The summed E-state index contributed by atoms with van der Waals surface area (Å²) in [7, 11) is 0. The lowest BCUT2D eigenvalue weighted by molar-refractivity contribution is 0.507. The molecule has 0 saturated heterocycles. The number of aromatic nitrogens is 1. The van der Waals surface area contributed by atoms with Crippen LogP contribution in [-0.2, 0) is 6.42 Å². The van der Waals surface area contributed by atoms with Crippen molar-refractivity contribution in [3.05, 3.63) is 48.2 Å². The molecule has 0 aliphatic carbocycles. The zero-order valence-corrected chi connectivity index (χ0v) is 13.1. The maximum Gasteiger partial charge on any atom is 0.198 e. The van der Waals surface area contributed by atoms with Crippen LogP contribution < -0.4 is 5.46 Å². The van der Waals surface area contributed by atoms with Crippen molar-refractivity contribution in [3.63, 3.8) is 0 Å². The molecule has 0 fully saturated rings. The van der Waals surface area contributed by atoms with E-state index in [9.17, 15) is 0 Å². The van der Waals surface area contributed by atoms with E-state index in [4.69, 9.17) is 4.42 Å². The summed E-state index contributed by atoms with van der Waals surface area (Å²) in [5, 5.41) is 0. The van der Waals surface area contributed by atoms with Crippen molar-refractivity contribution >= 4 is 12.2 Å². The van der Waals surface area contributed by atoms with Crippen molar-refractivity contribution in [3.8, 4) is 0 Å². The molecule has 0 atom stereocenters. The standard InChI is InChI=1S/C12H14BNO.2C2H6/c1-13(2)11-5-3-10(4-6-11)9-12-14-7-8-15-12;2*1-2/h3-8H,9H2,1-2H3;2*1-2H3. The van der Waals surface area contributed by atoms with Crippen molar-refractivity contribution in [2.24, 2.45) is 0 Å². The summed E-state index contributed by atoms with van der Waals surface area (Å²) < 4.78 is 5.20. The first kappa shape index (κ1) is 17.5. The molecule has 1 aromatic heterocycles. The molecule has 0 unspecified atom stereocenters. The molecular weight excluding hydrogens is 233 g/mol. The Kier molecular flexibility index (Phi) is 9.60. The lowest BCUT2D eigenvalue weighted by Gasteiger charge is -2.03. The Hall–Kier alpha value is -1.51. The molecule has 19 heavy (non-hydrogen) atoms. The third-order valence-electron chi connectivity index (χ3n) is 2.49. The summed E-state index contributed by atoms with van der Waals surface area (Å²) in [6, 6.07) is 8.62. The van der Waals surface area contributed by atoms with Crippen LogP contribution in [0, 0.1) is 0 Å². The first-order chi connectivity index (χ1) is 9.25. The van der Waals surface area contributed by atoms with E-state index in [1.807, 2.05) is 27.7 Å². The number of hydrogen-bond donors (Lipinski definition) is 0. The third kappa shape index (κ3) is 6.28. The Morgan fingerprint density at radius 3 is 2.00 bits per heavy atom. The second-order valence-corrected chi connectivity index (χ2v) is 4.00. The molecule has 1 heterocycles. The minimum Gasteiger partial charge on any atom is -0.449 e. The van der Waals surface area contributed by atoms with E-state index in [1.54, 1.807) is 12.5 Å². The lowest BCUT2D eigenvalue weighted by Crippen LogP contribution is -2.21. The van der Waals surface area contributed by atoms with Gasteiger partial charge in [0.2, 0.25) is 0 Å². The number of oxazole rings is 1. The lowest BCUT2D eigenvalue weighted by atomic mass is 9.49. The number of benzene rings is 1. The minimum absolute atomic E-state index is 0.584. The molecule has 0 aliphatic rings. The molecular formula is C16H26BNO. The van der Waals surface area contributed by atoms with Gasteiger partial charge in [-0.2, -0.15) is 0 Å². The molecule has 0 bridgehead atoms. The Morgan fingerprint density at radius 1 is 1.00 bits per heavy atom. The largest absolute Gasteiger partial charge is 0.449 e. The van der Waals surface area contributed by atoms with E-state index in [-0.39, 0.29) is 0 Å². The smallest absolute Gasteiger partial charge is 0.198 e. The topological polar surface area (TPSA) is 26.0 Å². The summed E-state index contributed by atoms with van der Waals surface area (Å²) >= 11 is 0. The van der Waals surface area contributed by atoms with E-state index in [1.165, 1.54) is 11.0 Å². The molecule has 2 nitrogen and oxygen atoms in total. The Balaban J connectivity index is 0.000000741. The van der Waals surface area contributed by atoms with Gasteiger partial charge in [0.1, 0.15) is 6.26 Å². The fourth-order valence-corrected chi connectivity index (χ4v) is 1.54. The van der Waals surface area contributed by atoms with Crippen molar-refractivity contribution < 1.29 is 4.42 Å². The molecule has 1 aromatic carbocycles. The summed E-state index contributed by atoms with van der Waals surface area (Å²) in [4.78, 5) is 4.10. The van der Waals surface area contributed by atoms with Gasteiger partial charge in [0.25, 0.3) is 0 Å². The monoisotopic (exact) mass is 259 g/mol. The molecule has 2 rings (SSSR count). The van der Waals surface area contributed by atoms with Crippen molar-refractivity contribution in [2.75, 3.05) is 0 Å². The SMILES string of the molecule is CB(C)c1ccc(Cc2ncco2)cc1.CC.CC. The highest BCUT2D eigenvalue weighted by molar-refractivity contribution is 6.70. The Morgan fingerprint density at radius 2 is 1.58 bits per heavy atom. The van der Waals surface area contributed by atoms with Gasteiger partial charge in [-0.05, 0) is 5.56 Å². The van der Waals surface area contributed by atoms with Gasteiger partial charge >= 0.3 is 0 Å². The minimum atomic E-state index is 0.584. The fraction of sp³-hybridized carbons (Fsp3) is 0.438. The van der Waals surface area contributed by atoms with Crippen LogP contribution in [0.25, 0.3) is 0 Å². The van der Waals surface area contributed by atoms with Crippen molar-refractivity contribution in [1.29, 1.82) is 0 Å². The van der Waals surface area contributed by atoms with Gasteiger partial charge in [-0.3, -0.25) is 0 Å². The summed E-state index contributed by atoms with van der Waals surface area (Å²) in [5.41, 5.74) is 2.60. The first-order valence-corrected chi connectivity index (χ1v) is 7.23. The van der Waals surface area contributed by atoms with Gasteiger partial charge in [0, 0.05) is 6.42 Å². The van der Waals surface area contributed by atoms with Gasteiger partial charge in [-0.25, -0.2) is 4.98 Å². The zero-order valence-electron chi connectivity index (χ0n) is 13.1. The predicted molar refractivity (Wildman–Crippen MR) is 85.6 cm³/mol. The number of hydrogen-bond acceptors (Lipinski definition) is 2. The molecule has 3 heteroatoms. The maximum absolute atomic E-state index is 5.20. The summed E-state index contributed by atoms with van der Waals surface area (Å²) in [6.07, 6.45) is 4.06. The maximum atomic E-state index is 5.20. The number of nitrogens with zero attached hydrogens (tertiary/aromatic N) is 1. The second-order valence-electron chi connectivity index (χ2n) is 4.00. The second kappa shape index (κ2) is 10.4. The van der Waals surface area contributed by atoms with Crippen LogP contribution in [0.4, 0.5) is 0 Å². The molecule has 0 radical (unpaired) electrons. The van der Waals surface area contributed by atoms with E-state index < -0.39 is 0 Å². The summed E-state index contributed by atoms with van der Waals surface area (Å²) in [6.45, 7) is 13.0. The molecule has 0 N–H and O–H groups in total. The highest BCUT2D eigenvalue weighted by Gasteiger charge is 2.03. The highest BCUT2D eigenvalue weighted by Crippen LogP contribution is 2.06. The van der Waals surface area contributed by atoms with Gasteiger partial charge < -0.3 is 4.42 Å². The zero-order chi connectivity index (χ0) is 14.7. The van der Waals surface area contributed by atoms with E-state index in [2.05, 4.69) is 42.9 Å². The molecule has 0 aliphatic heterocycles. The van der Waals surface area contributed by atoms with Crippen LogP contribution in [0.2, 0.25) is 13.6 Å². The average molecular weight is 259 g/mol. The number of rotatable bonds is 3. The molecule has 0 amide bonds. The van der Waals surface area contributed by atoms with Crippen LogP contribution in [-0.4, -0.2) is 11.7 Å². The Labute approximate surface area is 118 Å². The van der Waals surface area contributed by atoms with Gasteiger partial charge in [0.15, 0.2) is 12.6 Å². The van der Waals surface area contributed by atoms with Gasteiger partial charge in [-0.1, -0.05) is 71.1 Å². The van der Waals surface area contributed by atoms with Crippen LogP contribution in [0.3, 0.4) is 0 Å². The summed E-state index contributed by atoms with van der Waals surface area (Å²) in [5.74, 6) is 0.771. The van der Waals surface area contributed by atoms with E-state index >= 15 is 0 Å². The van der Waals surface area contributed by atoms with Crippen LogP contribution in [0.1, 0.15) is 39.1 Å². The molecule has 104 valence electrons. The van der Waals surface area contributed by atoms with E-state index in [0.717, 1.165) is 12.3 Å². The van der Waals surface area contributed by atoms with E-state index in [0.29, 0.717) is 6.71 Å². The first-order valence-electron chi connectivity index (χ1n) is 7.23. The molecule has 0 spiro atoms. The van der Waals surface area contributed by atoms with Crippen molar-refractivity contribution in [2.45, 2.75) is 47.8 Å². The van der Waals surface area contributed by atoms with Crippen molar-refractivity contribution in [1.82, 2.24) is 4.98 Å². The van der Waals surface area contributed by atoms with Crippen LogP contribution in [0.15, 0.2) is 41.1 Å². The molecule has 0 saturated carbocycles. The quantitative estimate of drug-likeness (QED) is 0.769. The average Bonchev–Trinajstić information content (AvgIpc) is 2.97. The van der Waals surface area contributed by atoms with Crippen LogP contribution in [0.5, 0.6) is 0 Å². The molecule has 2 aromatic rings. The highest BCUT2D eigenvalue weighted by atomic mass is 16.3. The fourth-order valence-electron chi connectivity index (χ4n) is 1.54. The van der Waals surface area contributed by atoms with Gasteiger partial charge in [-0.15, -0.1) is 0 Å². The van der Waals surface area contributed by atoms with Crippen LogP contribution >= 0.6 is 0 Å².